The molecule has 1 aromatic heterocycles. The van der Waals surface area contributed by atoms with E-state index in [9.17, 15) is 8.78 Å². The van der Waals surface area contributed by atoms with Crippen LogP contribution in [-0.2, 0) is 5.92 Å². The SMILES string of the molecule is CC.Cc1ccc(C(C)(F)F)nc1. The first-order valence-electron chi connectivity index (χ1n) is 4.31. The van der Waals surface area contributed by atoms with Crippen molar-refractivity contribution in [3.05, 3.63) is 29.6 Å². The Morgan fingerprint density at radius 2 is 1.77 bits per heavy atom. The van der Waals surface area contributed by atoms with E-state index in [1.165, 1.54) is 12.3 Å². The number of hydrogen-bond donors (Lipinski definition) is 0. The van der Waals surface area contributed by atoms with Crippen molar-refractivity contribution in [2.24, 2.45) is 0 Å². The van der Waals surface area contributed by atoms with Crippen LogP contribution in [0.5, 0.6) is 0 Å². The zero-order valence-electron chi connectivity index (χ0n) is 8.44. The Balaban J connectivity index is 0.000000671. The van der Waals surface area contributed by atoms with Gasteiger partial charge in [-0.3, -0.25) is 4.98 Å². The Labute approximate surface area is 77.8 Å². The van der Waals surface area contributed by atoms with Gasteiger partial charge in [-0.2, -0.15) is 8.78 Å². The van der Waals surface area contributed by atoms with Crippen LogP contribution in [0, 0.1) is 6.92 Å². The first kappa shape index (κ1) is 12.0. The summed E-state index contributed by atoms with van der Waals surface area (Å²) in [6, 6.07) is 2.97. The highest BCUT2D eigenvalue weighted by Crippen LogP contribution is 2.24. The second-order valence-corrected chi connectivity index (χ2v) is 2.61. The number of rotatable bonds is 1. The predicted molar refractivity (Wildman–Crippen MR) is 49.9 cm³/mol. The van der Waals surface area contributed by atoms with Crippen molar-refractivity contribution in [3.8, 4) is 0 Å². The van der Waals surface area contributed by atoms with Crippen molar-refractivity contribution >= 4 is 0 Å². The summed E-state index contributed by atoms with van der Waals surface area (Å²) in [4.78, 5) is 3.60. The van der Waals surface area contributed by atoms with E-state index in [2.05, 4.69) is 4.98 Å². The van der Waals surface area contributed by atoms with E-state index in [0.29, 0.717) is 0 Å². The van der Waals surface area contributed by atoms with Gasteiger partial charge in [-0.1, -0.05) is 19.9 Å². The molecule has 0 radical (unpaired) electrons. The molecule has 0 aliphatic heterocycles. The Kier molecular flexibility index (Phi) is 4.52. The van der Waals surface area contributed by atoms with Gasteiger partial charge in [0.1, 0.15) is 5.69 Å². The van der Waals surface area contributed by atoms with Crippen LogP contribution in [0.1, 0.15) is 32.0 Å². The third-order valence-corrected chi connectivity index (χ3v) is 1.36. The molecular weight excluding hydrogens is 172 g/mol. The van der Waals surface area contributed by atoms with Crippen molar-refractivity contribution in [2.45, 2.75) is 33.6 Å². The highest BCUT2D eigenvalue weighted by atomic mass is 19.3. The van der Waals surface area contributed by atoms with Gasteiger partial charge < -0.3 is 0 Å². The zero-order chi connectivity index (χ0) is 10.5. The van der Waals surface area contributed by atoms with Crippen LogP contribution in [0.4, 0.5) is 8.78 Å². The van der Waals surface area contributed by atoms with Gasteiger partial charge >= 0.3 is 0 Å². The Hall–Kier alpha value is -0.990. The van der Waals surface area contributed by atoms with E-state index in [-0.39, 0.29) is 5.69 Å². The molecule has 0 amide bonds. The molecule has 74 valence electrons. The third kappa shape index (κ3) is 3.97. The normalized spacial score (nSPS) is 10.3. The molecule has 13 heavy (non-hydrogen) atoms. The third-order valence-electron chi connectivity index (χ3n) is 1.36. The van der Waals surface area contributed by atoms with Crippen LogP contribution < -0.4 is 0 Å². The molecule has 0 unspecified atom stereocenters. The van der Waals surface area contributed by atoms with Crippen molar-refractivity contribution in [1.82, 2.24) is 4.98 Å². The molecule has 0 bridgehead atoms. The second-order valence-electron chi connectivity index (χ2n) is 2.61. The predicted octanol–water partition coefficient (Wildman–Crippen LogP) is 3.53. The second kappa shape index (κ2) is 4.90. The van der Waals surface area contributed by atoms with Gasteiger partial charge in [-0.25, -0.2) is 0 Å². The number of hydrogen-bond acceptors (Lipinski definition) is 1. The molecular formula is C10H15F2N. The summed E-state index contributed by atoms with van der Waals surface area (Å²) in [6.45, 7) is 6.65. The summed E-state index contributed by atoms with van der Waals surface area (Å²) >= 11 is 0. The number of aromatic nitrogens is 1. The van der Waals surface area contributed by atoms with E-state index in [0.717, 1.165) is 12.5 Å². The van der Waals surface area contributed by atoms with E-state index >= 15 is 0 Å². The fourth-order valence-corrected chi connectivity index (χ4v) is 0.727. The quantitative estimate of drug-likeness (QED) is 0.655. The largest absolute Gasteiger partial charge is 0.286 e. The summed E-state index contributed by atoms with van der Waals surface area (Å²) in [5, 5.41) is 0. The van der Waals surface area contributed by atoms with Crippen LogP contribution in [0.2, 0.25) is 0 Å². The average molecular weight is 187 g/mol. The van der Waals surface area contributed by atoms with Crippen LogP contribution in [0.15, 0.2) is 18.3 Å². The molecule has 0 fully saturated rings. The highest BCUT2D eigenvalue weighted by Gasteiger charge is 2.25. The molecule has 1 heterocycles. The number of alkyl halides is 2. The first-order chi connectivity index (χ1) is 6.00. The van der Waals surface area contributed by atoms with E-state index < -0.39 is 5.92 Å². The molecule has 1 nitrogen and oxygen atoms in total. The minimum absolute atomic E-state index is 0.178. The minimum atomic E-state index is -2.83. The van der Waals surface area contributed by atoms with Crippen molar-refractivity contribution < 1.29 is 8.78 Å². The smallest absolute Gasteiger partial charge is 0.255 e. The highest BCUT2D eigenvalue weighted by molar-refractivity contribution is 5.15. The standard InChI is InChI=1S/C8H9F2N.C2H6/c1-6-3-4-7(11-5-6)8(2,9)10;1-2/h3-5H,1-2H3;1-2H3. The van der Waals surface area contributed by atoms with Gasteiger partial charge in [0.15, 0.2) is 0 Å². The summed E-state index contributed by atoms with van der Waals surface area (Å²) < 4.78 is 25.0. The molecule has 0 aliphatic rings. The number of halogens is 2. The van der Waals surface area contributed by atoms with Gasteiger partial charge in [0.05, 0.1) is 0 Å². The first-order valence-corrected chi connectivity index (χ1v) is 4.31. The number of nitrogens with zero attached hydrogens (tertiary/aromatic N) is 1. The maximum Gasteiger partial charge on any atom is 0.286 e. The van der Waals surface area contributed by atoms with Gasteiger partial charge in [0, 0.05) is 13.1 Å². The van der Waals surface area contributed by atoms with Gasteiger partial charge in [-0.15, -0.1) is 0 Å². The lowest BCUT2D eigenvalue weighted by molar-refractivity contribution is 0.0127. The fourth-order valence-electron chi connectivity index (χ4n) is 0.727. The monoisotopic (exact) mass is 187 g/mol. The van der Waals surface area contributed by atoms with Crippen molar-refractivity contribution in [3.63, 3.8) is 0 Å². The molecule has 3 heteroatoms. The Bertz CT molecular complexity index is 236. The fraction of sp³-hybridized carbons (Fsp3) is 0.500. The lowest BCUT2D eigenvalue weighted by Gasteiger charge is -2.08. The van der Waals surface area contributed by atoms with Crippen LogP contribution >= 0.6 is 0 Å². The van der Waals surface area contributed by atoms with Gasteiger partial charge in [0.25, 0.3) is 5.92 Å². The topological polar surface area (TPSA) is 12.9 Å². The summed E-state index contributed by atoms with van der Waals surface area (Å²) in [7, 11) is 0. The number of aryl methyl sites for hydroxylation is 1. The average Bonchev–Trinajstić information content (AvgIpc) is 2.07. The van der Waals surface area contributed by atoms with Crippen LogP contribution in [0.25, 0.3) is 0 Å². The van der Waals surface area contributed by atoms with Crippen LogP contribution in [-0.4, -0.2) is 4.98 Å². The van der Waals surface area contributed by atoms with E-state index in [1.54, 1.807) is 6.07 Å². The van der Waals surface area contributed by atoms with Crippen molar-refractivity contribution in [2.75, 3.05) is 0 Å². The molecule has 0 spiro atoms. The lowest BCUT2D eigenvalue weighted by Crippen LogP contribution is -2.08. The molecule has 0 saturated heterocycles. The molecule has 0 aromatic carbocycles. The van der Waals surface area contributed by atoms with Gasteiger partial charge in [-0.05, 0) is 18.6 Å². The maximum absolute atomic E-state index is 12.5. The van der Waals surface area contributed by atoms with Crippen molar-refractivity contribution in [1.29, 1.82) is 0 Å². The molecule has 1 rings (SSSR count). The van der Waals surface area contributed by atoms with Crippen LogP contribution in [0.3, 0.4) is 0 Å². The summed E-state index contributed by atoms with van der Waals surface area (Å²) in [5.41, 5.74) is 0.709. The Morgan fingerprint density at radius 3 is 2.08 bits per heavy atom. The lowest BCUT2D eigenvalue weighted by atomic mass is 10.2. The van der Waals surface area contributed by atoms with Gasteiger partial charge in [0.2, 0.25) is 0 Å². The maximum atomic E-state index is 12.5. The summed E-state index contributed by atoms with van der Waals surface area (Å²) in [6.07, 6.45) is 1.44. The van der Waals surface area contributed by atoms with E-state index in [4.69, 9.17) is 0 Å². The minimum Gasteiger partial charge on any atom is -0.255 e. The molecule has 0 aliphatic carbocycles. The Morgan fingerprint density at radius 1 is 1.23 bits per heavy atom. The number of pyridine rings is 1. The van der Waals surface area contributed by atoms with E-state index in [1.807, 2.05) is 20.8 Å². The zero-order valence-corrected chi connectivity index (χ0v) is 8.44. The molecule has 0 saturated carbocycles. The summed E-state index contributed by atoms with van der Waals surface area (Å²) in [5.74, 6) is -2.83. The molecule has 0 N–H and O–H groups in total. The molecule has 0 atom stereocenters. The molecule has 1 aromatic rings.